The summed E-state index contributed by atoms with van der Waals surface area (Å²) in [6, 6.07) is 9.27. The molecule has 0 saturated heterocycles. The summed E-state index contributed by atoms with van der Waals surface area (Å²) in [4.78, 5) is 44.0. The van der Waals surface area contributed by atoms with Gasteiger partial charge in [-0.3, -0.25) is 9.78 Å². The van der Waals surface area contributed by atoms with E-state index in [0.717, 1.165) is 5.56 Å². The maximum atomic E-state index is 12.4. The van der Waals surface area contributed by atoms with Crippen molar-refractivity contribution in [1.82, 2.24) is 0 Å². The highest BCUT2D eigenvalue weighted by Gasteiger charge is 2.31. The normalized spacial score (nSPS) is 12.8. The predicted molar refractivity (Wildman–Crippen MR) is 101 cm³/mol. The molecule has 0 saturated carbocycles. The molecule has 0 aromatic heterocycles. The van der Waals surface area contributed by atoms with Crippen LogP contribution in [0.1, 0.15) is 54.0 Å². The van der Waals surface area contributed by atoms with Gasteiger partial charge in [-0.05, 0) is 40.2 Å². The van der Waals surface area contributed by atoms with Crippen LogP contribution in [0.3, 0.4) is 0 Å². The minimum Gasteiger partial charge on any atom is -0.450 e. The minimum absolute atomic E-state index is 0.156. The van der Waals surface area contributed by atoms with Gasteiger partial charge in [0.2, 0.25) is 0 Å². The zero-order valence-electron chi connectivity index (χ0n) is 17.7. The molecule has 0 aliphatic heterocycles. The Morgan fingerprint density at radius 3 is 2.07 bits per heavy atom. The van der Waals surface area contributed by atoms with Gasteiger partial charge in [-0.2, -0.15) is 9.78 Å². The van der Waals surface area contributed by atoms with Crippen LogP contribution in [-0.2, 0) is 39.4 Å². The highest BCUT2D eigenvalue weighted by Crippen LogP contribution is 2.27. The summed E-state index contributed by atoms with van der Waals surface area (Å²) < 4.78 is 9.56. The molecule has 0 bridgehead atoms. The lowest BCUT2D eigenvalue weighted by Gasteiger charge is -2.25. The first-order chi connectivity index (χ1) is 13.3. The highest BCUT2D eigenvalue weighted by atomic mass is 17.3. The topological polar surface area (TPSA) is 110 Å². The number of hydrogen-bond acceptors (Lipinski definition) is 8. The van der Waals surface area contributed by atoms with E-state index >= 15 is 0 Å². The number of rotatable bonds is 10. The fourth-order valence-electron chi connectivity index (χ4n) is 1.92. The van der Waals surface area contributed by atoms with E-state index in [1.165, 1.54) is 20.8 Å². The molecule has 0 heterocycles. The Labute approximate surface area is 170 Å². The molecule has 1 aromatic rings. The van der Waals surface area contributed by atoms with E-state index in [1.807, 2.05) is 30.3 Å². The maximum absolute atomic E-state index is 12.4. The molecule has 1 aromatic carbocycles. The van der Waals surface area contributed by atoms with Crippen LogP contribution < -0.4 is 0 Å². The predicted octanol–water partition coefficient (Wildman–Crippen LogP) is 4.43. The molecule has 0 unspecified atom stereocenters. The SMILES string of the molecule is CC(C(=O)OC(C)(C)OC(=O)O)=C(OOC(C)C)OOC(C)(C)c1ccccc1. The molecule has 0 spiro atoms. The number of esters is 1. The summed E-state index contributed by atoms with van der Waals surface area (Å²) in [7, 11) is 0. The van der Waals surface area contributed by atoms with Gasteiger partial charge < -0.3 is 14.6 Å². The molecular formula is C20H28O9. The molecule has 0 amide bonds. The second kappa shape index (κ2) is 10.1. The Morgan fingerprint density at radius 1 is 0.966 bits per heavy atom. The summed E-state index contributed by atoms with van der Waals surface area (Å²) in [6.45, 7) is 10.8. The van der Waals surface area contributed by atoms with Crippen LogP contribution in [0.2, 0.25) is 0 Å². The van der Waals surface area contributed by atoms with Gasteiger partial charge in [-0.15, -0.1) is 0 Å². The summed E-state index contributed by atoms with van der Waals surface area (Å²) in [5.41, 5.74) is -0.222. The first-order valence-electron chi connectivity index (χ1n) is 8.95. The summed E-state index contributed by atoms with van der Waals surface area (Å²) in [6.07, 6.45) is -1.93. The van der Waals surface area contributed by atoms with Crippen LogP contribution in [0.4, 0.5) is 4.79 Å². The van der Waals surface area contributed by atoms with Crippen LogP contribution in [0.15, 0.2) is 41.9 Å². The largest absolute Gasteiger partial charge is 0.509 e. The van der Waals surface area contributed by atoms with Crippen molar-refractivity contribution in [2.75, 3.05) is 0 Å². The smallest absolute Gasteiger partial charge is 0.450 e. The third-order valence-corrected chi connectivity index (χ3v) is 3.39. The van der Waals surface area contributed by atoms with Crippen molar-refractivity contribution in [3.63, 3.8) is 0 Å². The molecular weight excluding hydrogens is 384 g/mol. The second-order valence-corrected chi connectivity index (χ2v) is 7.34. The maximum Gasteiger partial charge on any atom is 0.509 e. The summed E-state index contributed by atoms with van der Waals surface area (Å²) in [5.74, 6) is -3.06. The molecule has 0 fully saturated rings. The number of benzene rings is 1. The second-order valence-electron chi connectivity index (χ2n) is 7.34. The van der Waals surface area contributed by atoms with Crippen molar-refractivity contribution in [3.05, 3.63) is 47.4 Å². The summed E-state index contributed by atoms with van der Waals surface area (Å²) >= 11 is 0. The van der Waals surface area contributed by atoms with Crippen LogP contribution in [0.5, 0.6) is 0 Å². The van der Waals surface area contributed by atoms with Crippen molar-refractivity contribution in [1.29, 1.82) is 0 Å². The lowest BCUT2D eigenvalue weighted by molar-refractivity contribution is -0.409. The molecule has 0 radical (unpaired) electrons. The van der Waals surface area contributed by atoms with Gasteiger partial charge >= 0.3 is 18.1 Å². The quantitative estimate of drug-likeness (QED) is 0.149. The van der Waals surface area contributed by atoms with Gasteiger partial charge in [0.05, 0.1) is 6.10 Å². The molecule has 9 nitrogen and oxygen atoms in total. The van der Waals surface area contributed by atoms with Gasteiger partial charge in [0.25, 0.3) is 5.79 Å². The van der Waals surface area contributed by atoms with Gasteiger partial charge in [0.1, 0.15) is 11.2 Å². The standard InChI is InChI=1S/C20H28O9/c1-13(2)26-27-17(14(3)16(21)24-20(6,7)25-18(22)23)28-29-19(4,5)15-11-9-8-10-12-15/h8-13H,1-7H3,(H,22,23). The number of hydrogen-bond donors (Lipinski definition) is 1. The van der Waals surface area contributed by atoms with E-state index in [2.05, 4.69) is 4.74 Å². The molecule has 29 heavy (non-hydrogen) atoms. The fraction of sp³-hybridized carbons (Fsp3) is 0.500. The fourth-order valence-corrected chi connectivity index (χ4v) is 1.92. The van der Waals surface area contributed by atoms with E-state index in [0.29, 0.717) is 0 Å². The molecule has 1 N–H and O–H groups in total. The first-order valence-corrected chi connectivity index (χ1v) is 8.95. The molecule has 0 aliphatic carbocycles. The Hall–Kier alpha value is -2.78. The van der Waals surface area contributed by atoms with Gasteiger partial charge in [0, 0.05) is 13.8 Å². The van der Waals surface area contributed by atoms with E-state index in [1.54, 1.807) is 27.7 Å². The Kier molecular flexibility index (Phi) is 8.47. The van der Waals surface area contributed by atoms with E-state index in [4.69, 9.17) is 29.4 Å². The van der Waals surface area contributed by atoms with Gasteiger partial charge in [-0.25, -0.2) is 9.59 Å². The van der Waals surface area contributed by atoms with Crippen molar-refractivity contribution in [2.45, 2.75) is 66.0 Å². The molecule has 0 atom stereocenters. The van der Waals surface area contributed by atoms with E-state index < -0.39 is 23.5 Å². The van der Waals surface area contributed by atoms with Crippen LogP contribution in [0.25, 0.3) is 0 Å². The van der Waals surface area contributed by atoms with Crippen molar-refractivity contribution in [3.8, 4) is 0 Å². The monoisotopic (exact) mass is 412 g/mol. The van der Waals surface area contributed by atoms with Gasteiger partial charge in [-0.1, -0.05) is 30.3 Å². The minimum atomic E-state index is -1.72. The number of ether oxygens (including phenoxy) is 2. The molecule has 1 rings (SSSR count). The third-order valence-electron chi connectivity index (χ3n) is 3.39. The Balaban J connectivity index is 2.99. The number of carbonyl (C=O) groups excluding carboxylic acids is 1. The summed E-state index contributed by atoms with van der Waals surface area (Å²) in [5, 5.41) is 8.72. The van der Waals surface area contributed by atoms with Crippen molar-refractivity contribution >= 4 is 12.1 Å². The Bertz CT molecular complexity index is 721. The van der Waals surface area contributed by atoms with Crippen LogP contribution in [-0.4, -0.2) is 29.1 Å². The van der Waals surface area contributed by atoms with Crippen molar-refractivity contribution in [2.24, 2.45) is 0 Å². The molecule has 0 aliphatic rings. The van der Waals surface area contributed by atoms with Crippen LogP contribution in [0, 0.1) is 0 Å². The molecule has 162 valence electrons. The highest BCUT2D eigenvalue weighted by molar-refractivity contribution is 5.88. The van der Waals surface area contributed by atoms with Crippen LogP contribution >= 0.6 is 0 Å². The average molecular weight is 412 g/mol. The number of carbonyl (C=O) groups is 2. The van der Waals surface area contributed by atoms with Gasteiger partial charge in [0.15, 0.2) is 0 Å². The van der Waals surface area contributed by atoms with E-state index in [-0.39, 0.29) is 17.6 Å². The first kappa shape index (κ1) is 24.3. The number of carboxylic acid groups (broad SMARTS) is 1. The van der Waals surface area contributed by atoms with E-state index in [9.17, 15) is 9.59 Å². The Morgan fingerprint density at radius 2 is 1.55 bits per heavy atom. The average Bonchev–Trinajstić information content (AvgIpc) is 2.60. The zero-order chi connectivity index (χ0) is 22.2. The van der Waals surface area contributed by atoms with Crippen molar-refractivity contribution < 1.29 is 43.7 Å². The zero-order valence-corrected chi connectivity index (χ0v) is 17.7. The third kappa shape index (κ3) is 8.41. The molecule has 9 heteroatoms. The lowest BCUT2D eigenvalue weighted by atomic mass is 9.99. The lowest BCUT2D eigenvalue weighted by Crippen LogP contribution is -2.34.